The third kappa shape index (κ3) is 4.02. The van der Waals surface area contributed by atoms with Crippen molar-refractivity contribution in [2.45, 2.75) is 38.5 Å². The van der Waals surface area contributed by atoms with Gasteiger partial charge in [0.2, 0.25) is 0 Å². The lowest BCUT2D eigenvalue weighted by Gasteiger charge is -2.29. The van der Waals surface area contributed by atoms with Gasteiger partial charge < -0.3 is 4.90 Å². The molecule has 0 spiro atoms. The van der Waals surface area contributed by atoms with E-state index in [0.29, 0.717) is 0 Å². The van der Waals surface area contributed by atoms with E-state index < -0.39 is 0 Å². The Kier molecular flexibility index (Phi) is 5.96. The minimum Gasteiger partial charge on any atom is -0.310 e. The molecule has 0 radical (unpaired) electrons. The number of nitrogens with zero attached hydrogens (tertiary/aromatic N) is 1. The summed E-state index contributed by atoms with van der Waals surface area (Å²) < 4.78 is 0. The average molecular weight is 604 g/mol. The van der Waals surface area contributed by atoms with Crippen LogP contribution in [-0.2, 0) is 10.8 Å². The Bertz CT molecular complexity index is 2350. The molecule has 1 nitrogen and oxygen atoms in total. The van der Waals surface area contributed by atoms with Crippen LogP contribution < -0.4 is 4.90 Å². The van der Waals surface area contributed by atoms with Crippen LogP contribution in [-0.4, -0.2) is 0 Å². The van der Waals surface area contributed by atoms with Crippen LogP contribution in [0, 0.1) is 0 Å². The summed E-state index contributed by atoms with van der Waals surface area (Å²) in [6.45, 7) is 9.49. The molecular weight excluding hydrogens is 567 g/mol. The van der Waals surface area contributed by atoms with Crippen LogP contribution in [0.3, 0.4) is 0 Å². The van der Waals surface area contributed by atoms with Crippen molar-refractivity contribution >= 4 is 27.8 Å². The summed E-state index contributed by atoms with van der Waals surface area (Å²) in [7, 11) is 0. The van der Waals surface area contributed by atoms with Gasteiger partial charge in [0.25, 0.3) is 0 Å². The molecule has 0 atom stereocenters. The lowest BCUT2D eigenvalue weighted by atomic mass is 9.81. The molecule has 0 saturated heterocycles. The summed E-state index contributed by atoms with van der Waals surface area (Å²) in [5.74, 6) is 0. The number of fused-ring (bicyclic) bond motifs is 7. The summed E-state index contributed by atoms with van der Waals surface area (Å²) in [6, 6.07) is 56.2. The molecule has 0 unspecified atom stereocenters. The first-order chi connectivity index (χ1) is 22.8. The van der Waals surface area contributed by atoms with Crippen LogP contribution in [0.2, 0.25) is 0 Å². The van der Waals surface area contributed by atoms with E-state index in [4.69, 9.17) is 0 Å². The first-order valence-electron chi connectivity index (χ1n) is 16.7. The molecule has 0 aliphatic heterocycles. The molecule has 0 N–H and O–H groups in total. The number of anilines is 3. The van der Waals surface area contributed by atoms with Crippen molar-refractivity contribution in [3.05, 3.63) is 174 Å². The average Bonchev–Trinajstić information content (AvgIpc) is 3.48. The quantitative estimate of drug-likeness (QED) is 0.193. The predicted octanol–water partition coefficient (Wildman–Crippen LogP) is 12.6. The molecule has 7 aromatic rings. The zero-order chi connectivity index (χ0) is 31.9. The van der Waals surface area contributed by atoms with E-state index in [1.165, 1.54) is 77.8 Å². The number of para-hydroxylation sites is 1. The maximum atomic E-state index is 2.45. The Morgan fingerprint density at radius 1 is 0.362 bits per heavy atom. The molecule has 9 rings (SSSR count). The van der Waals surface area contributed by atoms with Crippen LogP contribution in [0.5, 0.6) is 0 Å². The van der Waals surface area contributed by atoms with Gasteiger partial charge in [-0.25, -0.2) is 0 Å². The fourth-order valence-corrected chi connectivity index (χ4v) is 8.46. The smallest absolute Gasteiger partial charge is 0.0465 e. The van der Waals surface area contributed by atoms with Crippen LogP contribution in [0.4, 0.5) is 17.1 Å². The number of hydrogen-bond donors (Lipinski definition) is 0. The Morgan fingerprint density at radius 3 is 1.70 bits per heavy atom. The zero-order valence-corrected chi connectivity index (χ0v) is 27.4. The lowest BCUT2D eigenvalue weighted by molar-refractivity contribution is 0.660. The molecule has 0 bridgehead atoms. The first kappa shape index (κ1) is 27.9. The second kappa shape index (κ2) is 10.0. The van der Waals surface area contributed by atoms with Crippen molar-refractivity contribution in [1.29, 1.82) is 0 Å². The van der Waals surface area contributed by atoms with E-state index in [0.717, 1.165) is 5.69 Å². The molecular formula is C46H37N. The van der Waals surface area contributed by atoms with Crippen LogP contribution in [0.1, 0.15) is 49.9 Å². The van der Waals surface area contributed by atoms with Crippen LogP contribution in [0.25, 0.3) is 44.2 Å². The predicted molar refractivity (Wildman–Crippen MR) is 199 cm³/mol. The molecule has 2 aliphatic carbocycles. The molecule has 1 heteroatoms. The van der Waals surface area contributed by atoms with Crippen LogP contribution >= 0.6 is 0 Å². The van der Waals surface area contributed by atoms with Gasteiger partial charge in [-0.05, 0) is 103 Å². The second-order valence-electron chi connectivity index (χ2n) is 14.2. The second-order valence-corrected chi connectivity index (χ2v) is 14.2. The van der Waals surface area contributed by atoms with Gasteiger partial charge >= 0.3 is 0 Å². The van der Waals surface area contributed by atoms with Crippen molar-refractivity contribution < 1.29 is 0 Å². The number of rotatable bonds is 4. The van der Waals surface area contributed by atoms with Gasteiger partial charge in [0, 0.05) is 27.9 Å². The minimum atomic E-state index is -0.148. The zero-order valence-electron chi connectivity index (χ0n) is 27.4. The summed E-state index contributed by atoms with van der Waals surface area (Å²) in [5, 5.41) is 2.57. The molecule has 2 aliphatic rings. The van der Waals surface area contributed by atoms with Crippen molar-refractivity contribution in [3.8, 4) is 33.4 Å². The molecule has 0 heterocycles. The highest BCUT2D eigenvalue weighted by Gasteiger charge is 2.38. The fraction of sp³-hybridized carbons (Fsp3) is 0.130. The third-order valence-electron chi connectivity index (χ3n) is 10.9. The van der Waals surface area contributed by atoms with E-state index in [1.54, 1.807) is 0 Å². The van der Waals surface area contributed by atoms with Gasteiger partial charge in [-0.15, -0.1) is 0 Å². The first-order valence-corrected chi connectivity index (χ1v) is 16.7. The molecule has 47 heavy (non-hydrogen) atoms. The highest BCUT2D eigenvalue weighted by Crippen LogP contribution is 2.55. The van der Waals surface area contributed by atoms with Gasteiger partial charge in [0.15, 0.2) is 0 Å². The highest BCUT2D eigenvalue weighted by molar-refractivity contribution is 6.03. The highest BCUT2D eigenvalue weighted by atomic mass is 15.1. The van der Waals surface area contributed by atoms with Crippen molar-refractivity contribution in [1.82, 2.24) is 0 Å². The molecule has 0 aromatic heterocycles. The van der Waals surface area contributed by atoms with E-state index in [2.05, 4.69) is 184 Å². The van der Waals surface area contributed by atoms with E-state index in [-0.39, 0.29) is 10.8 Å². The van der Waals surface area contributed by atoms with Gasteiger partial charge in [-0.2, -0.15) is 0 Å². The molecule has 0 amide bonds. The lowest BCUT2D eigenvalue weighted by Crippen LogP contribution is -2.18. The summed E-state index contributed by atoms with van der Waals surface area (Å²) in [5.41, 5.74) is 16.8. The van der Waals surface area contributed by atoms with E-state index >= 15 is 0 Å². The standard InChI is InChI=1S/C46H37N/c1-45(2)40-22-11-10-19-36(40)37-26-24-32(28-42(37)45)47(31-16-6-5-7-17-31)33-25-27-39-43(29-33)46(3,4)41-23-13-21-38(44(39)41)35-20-12-15-30-14-8-9-18-34(30)35/h5-29H,1-4H3. The summed E-state index contributed by atoms with van der Waals surface area (Å²) in [4.78, 5) is 2.43. The third-order valence-corrected chi connectivity index (χ3v) is 10.9. The Morgan fingerprint density at radius 2 is 0.894 bits per heavy atom. The van der Waals surface area contributed by atoms with Gasteiger partial charge in [0.1, 0.15) is 0 Å². The number of hydrogen-bond acceptors (Lipinski definition) is 1. The Hall–Kier alpha value is -5.40. The molecule has 0 saturated carbocycles. The van der Waals surface area contributed by atoms with Gasteiger partial charge in [-0.3, -0.25) is 0 Å². The summed E-state index contributed by atoms with van der Waals surface area (Å²) in [6.07, 6.45) is 0. The topological polar surface area (TPSA) is 3.24 Å². The van der Waals surface area contributed by atoms with Crippen molar-refractivity contribution in [2.75, 3.05) is 4.90 Å². The van der Waals surface area contributed by atoms with Gasteiger partial charge in [0.05, 0.1) is 0 Å². The maximum Gasteiger partial charge on any atom is 0.0465 e. The molecule has 226 valence electrons. The molecule has 0 fully saturated rings. The van der Waals surface area contributed by atoms with E-state index in [9.17, 15) is 0 Å². The minimum absolute atomic E-state index is 0.0656. The largest absolute Gasteiger partial charge is 0.310 e. The normalized spacial score (nSPS) is 14.7. The van der Waals surface area contributed by atoms with Crippen molar-refractivity contribution in [2.24, 2.45) is 0 Å². The maximum absolute atomic E-state index is 2.45. The van der Waals surface area contributed by atoms with Crippen LogP contribution in [0.15, 0.2) is 152 Å². The van der Waals surface area contributed by atoms with E-state index in [1.807, 2.05) is 0 Å². The SMILES string of the molecule is CC1(C)c2ccccc2-c2ccc(N(c3ccccc3)c3ccc4c(c3)C(C)(C)c3cccc(-c5cccc6ccccc56)c3-4)cc21. The Labute approximate surface area is 277 Å². The monoisotopic (exact) mass is 603 g/mol. The summed E-state index contributed by atoms with van der Waals surface area (Å²) >= 11 is 0. The number of benzene rings is 7. The fourth-order valence-electron chi connectivity index (χ4n) is 8.46. The van der Waals surface area contributed by atoms with Gasteiger partial charge in [-0.1, -0.05) is 143 Å². The molecule has 7 aromatic carbocycles. The Balaban J connectivity index is 1.22. The van der Waals surface area contributed by atoms with Crippen molar-refractivity contribution in [3.63, 3.8) is 0 Å².